The number of ether oxygens (including phenoxy) is 1. The van der Waals surface area contributed by atoms with E-state index in [4.69, 9.17) is 4.74 Å². The number of rotatable bonds is 4. The van der Waals surface area contributed by atoms with Crippen molar-refractivity contribution in [2.45, 2.75) is 63.3 Å². The molecule has 0 aliphatic heterocycles. The summed E-state index contributed by atoms with van der Waals surface area (Å²) >= 11 is 1.46. The number of hydrogen-bond donors (Lipinski definition) is 1. The van der Waals surface area contributed by atoms with Crippen LogP contribution in [0.3, 0.4) is 0 Å². The van der Waals surface area contributed by atoms with Gasteiger partial charge in [0.15, 0.2) is 4.80 Å². The highest BCUT2D eigenvalue weighted by atomic mass is 32.1. The highest BCUT2D eigenvalue weighted by molar-refractivity contribution is 7.09. The van der Waals surface area contributed by atoms with Gasteiger partial charge in [-0.3, -0.25) is 4.79 Å². The van der Waals surface area contributed by atoms with E-state index in [2.05, 4.69) is 4.99 Å². The first kappa shape index (κ1) is 17.4. The van der Waals surface area contributed by atoms with Crippen LogP contribution in [0.5, 0.6) is 0 Å². The molecule has 4 atom stereocenters. The molecule has 0 spiro atoms. The van der Waals surface area contributed by atoms with E-state index in [1.165, 1.54) is 11.3 Å². The van der Waals surface area contributed by atoms with E-state index in [9.17, 15) is 9.90 Å². The summed E-state index contributed by atoms with van der Waals surface area (Å²) in [7, 11) is 1.64. The molecule has 7 heteroatoms. The van der Waals surface area contributed by atoms with Gasteiger partial charge in [-0.1, -0.05) is 0 Å². The molecule has 1 heterocycles. The largest absolute Gasteiger partial charge is 0.390 e. The Bertz CT molecular complexity index is 753. The number of halogens is 1. The molecule has 1 N–H and O–H groups in total. The summed E-state index contributed by atoms with van der Waals surface area (Å²) in [6, 6.07) is 0. The van der Waals surface area contributed by atoms with Gasteiger partial charge in [-0.25, -0.2) is 4.39 Å². The van der Waals surface area contributed by atoms with Crippen LogP contribution >= 0.6 is 11.3 Å². The van der Waals surface area contributed by atoms with Crippen LogP contribution in [-0.4, -0.2) is 40.6 Å². The Morgan fingerprint density at radius 1 is 1.44 bits per heavy atom. The molecular weight excluding hydrogens is 343 g/mol. The zero-order valence-electron chi connectivity index (χ0n) is 14.8. The van der Waals surface area contributed by atoms with Gasteiger partial charge in [-0.05, 0) is 44.9 Å². The lowest BCUT2D eigenvalue weighted by molar-refractivity contribution is -0.205. The van der Waals surface area contributed by atoms with Crippen molar-refractivity contribution in [1.82, 2.24) is 4.57 Å². The van der Waals surface area contributed by atoms with E-state index in [0.717, 1.165) is 4.88 Å². The first-order valence-corrected chi connectivity index (χ1v) is 9.73. The Balaban J connectivity index is 1.68. The normalized spacial score (nSPS) is 40.0. The average molecular weight is 368 g/mol. The SMILES string of the molecule is COCCn1cc(C)s/c1=N\C(=O)C12CC3CC(O)(CC(F)(C3)C1)C2. The zero-order valence-corrected chi connectivity index (χ0v) is 15.6. The van der Waals surface area contributed by atoms with Crippen LogP contribution in [0.4, 0.5) is 4.39 Å². The van der Waals surface area contributed by atoms with Crippen molar-refractivity contribution in [2.24, 2.45) is 16.3 Å². The number of nitrogens with zero attached hydrogens (tertiary/aromatic N) is 2. The van der Waals surface area contributed by atoms with Crippen LogP contribution in [0.25, 0.3) is 0 Å². The van der Waals surface area contributed by atoms with Crippen molar-refractivity contribution in [1.29, 1.82) is 0 Å². The molecule has 4 fully saturated rings. The molecule has 25 heavy (non-hydrogen) atoms. The minimum Gasteiger partial charge on any atom is -0.390 e. The van der Waals surface area contributed by atoms with E-state index in [1.807, 2.05) is 17.7 Å². The molecule has 0 aromatic carbocycles. The summed E-state index contributed by atoms with van der Waals surface area (Å²) < 4.78 is 22.2. The number of alkyl halides is 1. The van der Waals surface area contributed by atoms with Gasteiger partial charge in [0, 0.05) is 31.1 Å². The minimum absolute atomic E-state index is 0.0936. The number of aliphatic hydroxyl groups is 1. The Morgan fingerprint density at radius 2 is 2.24 bits per heavy atom. The van der Waals surface area contributed by atoms with Crippen LogP contribution < -0.4 is 4.80 Å². The van der Waals surface area contributed by atoms with Crippen LogP contribution in [0, 0.1) is 18.3 Å². The van der Waals surface area contributed by atoms with Crippen molar-refractivity contribution in [3.63, 3.8) is 0 Å². The number of hydrogen-bond acceptors (Lipinski definition) is 4. The Hall–Kier alpha value is -1.05. The van der Waals surface area contributed by atoms with Gasteiger partial charge in [0.25, 0.3) is 5.91 Å². The van der Waals surface area contributed by atoms with Crippen molar-refractivity contribution >= 4 is 17.2 Å². The lowest BCUT2D eigenvalue weighted by Gasteiger charge is -2.60. The quantitative estimate of drug-likeness (QED) is 0.887. The van der Waals surface area contributed by atoms with E-state index < -0.39 is 16.7 Å². The second-order valence-corrected chi connectivity index (χ2v) is 9.61. The fourth-order valence-electron chi connectivity index (χ4n) is 5.65. The predicted octanol–water partition coefficient (Wildman–Crippen LogP) is 2.36. The first-order valence-electron chi connectivity index (χ1n) is 8.91. The van der Waals surface area contributed by atoms with E-state index >= 15 is 4.39 Å². The van der Waals surface area contributed by atoms with E-state index in [1.54, 1.807) is 7.11 Å². The summed E-state index contributed by atoms with van der Waals surface area (Å²) in [5.41, 5.74) is -3.27. The summed E-state index contributed by atoms with van der Waals surface area (Å²) in [6.45, 7) is 3.14. The number of thiazole rings is 1. The molecule has 4 aliphatic carbocycles. The summed E-state index contributed by atoms with van der Waals surface area (Å²) in [5, 5.41) is 10.8. The Kier molecular flexibility index (Phi) is 3.98. The highest BCUT2D eigenvalue weighted by Crippen LogP contribution is 2.64. The molecule has 4 saturated carbocycles. The topological polar surface area (TPSA) is 63.8 Å². The lowest BCUT2D eigenvalue weighted by atomic mass is 9.46. The number of aromatic nitrogens is 1. The maximum Gasteiger partial charge on any atom is 0.254 e. The maximum absolute atomic E-state index is 15.2. The van der Waals surface area contributed by atoms with Gasteiger partial charge in [-0.2, -0.15) is 4.99 Å². The predicted molar refractivity (Wildman–Crippen MR) is 91.9 cm³/mol. The molecule has 1 amide bonds. The first-order chi connectivity index (χ1) is 11.7. The third kappa shape index (κ3) is 3.00. The van der Waals surface area contributed by atoms with E-state index in [0.29, 0.717) is 43.6 Å². The van der Waals surface area contributed by atoms with Crippen molar-refractivity contribution in [3.05, 3.63) is 15.9 Å². The molecule has 1 aromatic rings. The third-order valence-corrected chi connectivity index (χ3v) is 6.93. The number of amides is 1. The van der Waals surface area contributed by atoms with Gasteiger partial charge in [-0.15, -0.1) is 11.3 Å². The second kappa shape index (κ2) is 5.72. The minimum atomic E-state index is -1.41. The number of methoxy groups -OCH3 is 1. The van der Waals surface area contributed by atoms with Gasteiger partial charge < -0.3 is 14.4 Å². The van der Waals surface area contributed by atoms with Crippen LogP contribution in [0.15, 0.2) is 11.2 Å². The highest BCUT2D eigenvalue weighted by Gasteiger charge is 2.66. The average Bonchev–Trinajstić information content (AvgIpc) is 2.81. The monoisotopic (exact) mass is 368 g/mol. The number of carbonyl (C=O) groups is 1. The zero-order chi connectivity index (χ0) is 17.9. The van der Waals surface area contributed by atoms with Crippen LogP contribution in [-0.2, 0) is 16.1 Å². The van der Waals surface area contributed by atoms with Gasteiger partial charge in [0.05, 0.1) is 17.6 Å². The summed E-state index contributed by atoms with van der Waals surface area (Å²) in [5.74, 6) is -0.166. The van der Waals surface area contributed by atoms with Gasteiger partial charge in [0.1, 0.15) is 5.67 Å². The van der Waals surface area contributed by atoms with Gasteiger partial charge in [0.2, 0.25) is 0 Å². The van der Waals surface area contributed by atoms with E-state index in [-0.39, 0.29) is 24.7 Å². The molecule has 138 valence electrons. The molecule has 4 aliphatic rings. The smallest absolute Gasteiger partial charge is 0.254 e. The number of carbonyl (C=O) groups excluding carboxylic acids is 1. The van der Waals surface area contributed by atoms with Gasteiger partial charge >= 0.3 is 0 Å². The second-order valence-electron chi connectivity index (χ2n) is 8.39. The lowest BCUT2D eigenvalue weighted by Crippen LogP contribution is -2.63. The molecule has 5 nitrogen and oxygen atoms in total. The van der Waals surface area contributed by atoms with Crippen molar-refractivity contribution in [3.8, 4) is 0 Å². The summed E-state index contributed by atoms with van der Waals surface area (Å²) in [4.78, 5) is 19.2. The third-order valence-electron chi connectivity index (χ3n) is 5.99. The molecule has 4 unspecified atom stereocenters. The van der Waals surface area contributed by atoms with Crippen LogP contribution in [0.2, 0.25) is 0 Å². The molecule has 0 radical (unpaired) electrons. The fourth-order valence-corrected chi connectivity index (χ4v) is 6.51. The van der Waals surface area contributed by atoms with Crippen molar-refractivity contribution < 1.29 is 19.0 Å². The number of aryl methyl sites for hydroxylation is 1. The standard InChI is InChI=1S/C18H25FN2O3S/c1-12-8-21(3-4-24-2)15(25-12)20-14(22)16-5-13-6-17(19,9-16)11-18(23,7-13)10-16/h8,13,23H,3-7,9-11H2,1-2H3/b20-15-. The Morgan fingerprint density at radius 3 is 2.92 bits per heavy atom. The fraction of sp³-hybridized carbons (Fsp3) is 0.778. The molecule has 0 saturated heterocycles. The summed E-state index contributed by atoms with van der Waals surface area (Å²) in [6.07, 6.45) is 4.47. The van der Waals surface area contributed by atoms with Crippen LogP contribution in [0.1, 0.15) is 43.4 Å². The Labute approximate surface area is 150 Å². The molecule has 5 rings (SSSR count). The maximum atomic E-state index is 15.2. The van der Waals surface area contributed by atoms with Crippen molar-refractivity contribution in [2.75, 3.05) is 13.7 Å². The molecule has 1 aromatic heterocycles. The molecule has 4 bridgehead atoms. The molecular formula is C18H25FN2O3S.